The lowest BCUT2D eigenvalue weighted by Crippen LogP contribution is -2.04. The smallest absolute Gasteiger partial charge is 0.338 e. The number of esters is 2. The number of hydrogen-bond donors (Lipinski definition) is 0. The van der Waals surface area contributed by atoms with Crippen LogP contribution in [0, 0.1) is 0 Å². The molecular formula is C23H18O4. The van der Waals surface area contributed by atoms with Crippen molar-refractivity contribution in [2.24, 2.45) is 0 Å². The van der Waals surface area contributed by atoms with Crippen molar-refractivity contribution in [3.8, 4) is 16.9 Å². The molecule has 0 heterocycles. The second-order valence-electron chi connectivity index (χ2n) is 5.81. The van der Waals surface area contributed by atoms with Crippen LogP contribution in [-0.2, 0) is 9.53 Å². The summed E-state index contributed by atoms with van der Waals surface area (Å²) in [4.78, 5) is 23.2. The molecule has 0 aliphatic rings. The van der Waals surface area contributed by atoms with Crippen molar-refractivity contribution >= 4 is 22.7 Å². The van der Waals surface area contributed by atoms with Gasteiger partial charge in [-0.2, -0.15) is 0 Å². The van der Waals surface area contributed by atoms with Gasteiger partial charge in [-0.05, 0) is 52.2 Å². The lowest BCUT2D eigenvalue weighted by molar-refractivity contribution is -0.128. The lowest BCUT2D eigenvalue weighted by atomic mass is 10.00. The maximum Gasteiger partial charge on any atom is 0.338 e. The predicted molar refractivity (Wildman–Crippen MR) is 106 cm³/mol. The Morgan fingerprint density at radius 1 is 0.852 bits per heavy atom. The van der Waals surface area contributed by atoms with E-state index in [9.17, 15) is 9.59 Å². The Hall–Kier alpha value is -3.66. The van der Waals surface area contributed by atoms with Crippen LogP contribution in [0.15, 0.2) is 86.0 Å². The van der Waals surface area contributed by atoms with Crippen LogP contribution in [0.3, 0.4) is 0 Å². The molecule has 0 unspecified atom stereocenters. The molecule has 27 heavy (non-hydrogen) atoms. The summed E-state index contributed by atoms with van der Waals surface area (Å²) in [6, 6.07) is 18.7. The molecule has 0 atom stereocenters. The van der Waals surface area contributed by atoms with E-state index >= 15 is 0 Å². The molecule has 0 bridgehead atoms. The van der Waals surface area contributed by atoms with Gasteiger partial charge >= 0.3 is 11.9 Å². The van der Waals surface area contributed by atoms with Gasteiger partial charge in [-0.25, -0.2) is 9.59 Å². The highest BCUT2D eigenvalue weighted by Gasteiger charge is 2.08. The van der Waals surface area contributed by atoms with Crippen molar-refractivity contribution in [2.45, 2.75) is 0 Å². The molecule has 0 saturated carbocycles. The Morgan fingerprint density at radius 2 is 1.52 bits per heavy atom. The van der Waals surface area contributed by atoms with Crippen molar-refractivity contribution in [1.29, 1.82) is 0 Å². The summed E-state index contributed by atoms with van der Waals surface area (Å²) < 4.78 is 10.1. The van der Waals surface area contributed by atoms with Crippen molar-refractivity contribution in [3.63, 3.8) is 0 Å². The zero-order valence-corrected chi connectivity index (χ0v) is 14.7. The van der Waals surface area contributed by atoms with E-state index in [2.05, 4.69) is 13.2 Å². The van der Waals surface area contributed by atoms with Gasteiger partial charge in [0.15, 0.2) is 0 Å². The minimum atomic E-state index is -0.490. The molecule has 0 saturated heterocycles. The third-order valence-electron chi connectivity index (χ3n) is 3.98. The molecule has 0 N–H and O–H groups in total. The Balaban J connectivity index is 1.84. The van der Waals surface area contributed by atoms with E-state index in [-0.39, 0.29) is 12.6 Å². The number of ether oxygens (including phenoxy) is 2. The lowest BCUT2D eigenvalue weighted by Gasteiger charge is -2.07. The fourth-order valence-electron chi connectivity index (χ4n) is 2.64. The normalized spacial score (nSPS) is 10.2. The van der Waals surface area contributed by atoms with Gasteiger partial charge in [0.2, 0.25) is 0 Å². The van der Waals surface area contributed by atoms with E-state index in [1.54, 1.807) is 18.2 Å². The van der Waals surface area contributed by atoms with Crippen molar-refractivity contribution in [2.75, 3.05) is 6.61 Å². The summed E-state index contributed by atoms with van der Waals surface area (Å²) in [5, 5.41) is 1.96. The molecular weight excluding hydrogens is 340 g/mol. The Kier molecular flexibility index (Phi) is 5.47. The van der Waals surface area contributed by atoms with Crippen LogP contribution in [0.5, 0.6) is 5.75 Å². The van der Waals surface area contributed by atoms with Crippen molar-refractivity contribution in [1.82, 2.24) is 0 Å². The maximum absolute atomic E-state index is 12.0. The summed E-state index contributed by atoms with van der Waals surface area (Å²) in [5.41, 5.74) is 2.52. The molecule has 3 aromatic carbocycles. The fourth-order valence-corrected chi connectivity index (χ4v) is 2.64. The average molecular weight is 358 g/mol. The number of carbonyl (C=O) groups is 2. The third-order valence-corrected chi connectivity index (χ3v) is 3.98. The number of hydrogen-bond acceptors (Lipinski definition) is 4. The van der Waals surface area contributed by atoms with Crippen LogP contribution < -0.4 is 4.74 Å². The van der Waals surface area contributed by atoms with Crippen LogP contribution in [-0.4, -0.2) is 18.5 Å². The third kappa shape index (κ3) is 4.30. The summed E-state index contributed by atoms with van der Waals surface area (Å²) in [5.74, 6) is -0.395. The molecule has 3 aromatic rings. The minimum Gasteiger partial charge on any atom is -0.458 e. The molecule has 0 aliphatic carbocycles. The molecule has 4 heteroatoms. The average Bonchev–Trinajstić information content (AvgIpc) is 2.71. The van der Waals surface area contributed by atoms with E-state index in [0.717, 1.165) is 28.0 Å². The second-order valence-corrected chi connectivity index (χ2v) is 5.81. The van der Waals surface area contributed by atoms with Gasteiger partial charge in [-0.15, -0.1) is 0 Å². The van der Waals surface area contributed by atoms with Crippen LogP contribution in [0.1, 0.15) is 10.4 Å². The van der Waals surface area contributed by atoms with Crippen LogP contribution >= 0.6 is 0 Å². The molecule has 0 aromatic heterocycles. The fraction of sp³-hybridized carbons (Fsp3) is 0.0435. The van der Waals surface area contributed by atoms with Gasteiger partial charge in [0, 0.05) is 6.08 Å². The molecule has 134 valence electrons. The summed E-state index contributed by atoms with van der Waals surface area (Å²) in [6.07, 6.45) is 2.66. The van der Waals surface area contributed by atoms with Gasteiger partial charge in [0.05, 0.1) is 5.56 Å². The standard InChI is InChI=1S/C23H18O4/c1-3-13-26-23(25)20-8-7-18-14-17(5-6-19(18)15-20)16-9-11-21(12-10-16)27-22(24)4-2/h3-12,14-15H,1-2,13H2. The van der Waals surface area contributed by atoms with Gasteiger partial charge < -0.3 is 9.47 Å². The summed E-state index contributed by atoms with van der Waals surface area (Å²) in [7, 11) is 0. The van der Waals surface area contributed by atoms with Crippen molar-refractivity contribution < 1.29 is 19.1 Å². The van der Waals surface area contributed by atoms with Gasteiger partial charge in [-0.3, -0.25) is 0 Å². The molecule has 0 aliphatic heterocycles. The van der Waals surface area contributed by atoms with Gasteiger partial charge in [-0.1, -0.05) is 49.6 Å². The summed E-state index contributed by atoms with van der Waals surface area (Å²) >= 11 is 0. The summed E-state index contributed by atoms with van der Waals surface area (Å²) in [6.45, 7) is 7.10. The Bertz CT molecular complexity index is 1020. The van der Waals surface area contributed by atoms with E-state index in [4.69, 9.17) is 9.47 Å². The maximum atomic E-state index is 12.0. The number of carbonyl (C=O) groups excluding carboxylic acids is 2. The van der Waals surface area contributed by atoms with E-state index in [0.29, 0.717) is 11.3 Å². The molecule has 4 nitrogen and oxygen atoms in total. The van der Waals surface area contributed by atoms with Crippen LogP contribution in [0.25, 0.3) is 21.9 Å². The monoisotopic (exact) mass is 358 g/mol. The van der Waals surface area contributed by atoms with Crippen LogP contribution in [0.2, 0.25) is 0 Å². The largest absolute Gasteiger partial charge is 0.458 e. The van der Waals surface area contributed by atoms with E-state index in [1.165, 1.54) is 6.08 Å². The first-order chi connectivity index (χ1) is 13.1. The first kappa shape index (κ1) is 18.1. The number of fused-ring (bicyclic) bond motifs is 1. The molecule has 0 radical (unpaired) electrons. The first-order valence-corrected chi connectivity index (χ1v) is 8.37. The highest BCUT2D eigenvalue weighted by Crippen LogP contribution is 2.27. The first-order valence-electron chi connectivity index (χ1n) is 8.37. The van der Waals surface area contributed by atoms with E-state index < -0.39 is 5.97 Å². The highest BCUT2D eigenvalue weighted by molar-refractivity contribution is 5.96. The SMILES string of the molecule is C=CCOC(=O)c1ccc2cc(-c3ccc(OC(=O)C=C)cc3)ccc2c1. The zero-order valence-electron chi connectivity index (χ0n) is 14.7. The topological polar surface area (TPSA) is 52.6 Å². The van der Waals surface area contributed by atoms with Gasteiger partial charge in [0.1, 0.15) is 12.4 Å². The zero-order chi connectivity index (χ0) is 19.2. The Morgan fingerprint density at radius 3 is 2.22 bits per heavy atom. The molecule has 0 fully saturated rings. The Labute approximate surface area is 157 Å². The highest BCUT2D eigenvalue weighted by atomic mass is 16.5. The van der Waals surface area contributed by atoms with Crippen LogP contribution in [0.4, 0.5) is 0 Å². The second kappa shape index (κ2) is 8.15. The number of benzene rings is 3. The number of rotatable bonds is 6. The molecule has 0 amide bonds. The molecule has 0 spiro atoms. The minimum absolute atomic E-state index is 0.188. The molecule has 3 rings (SSSR count). The van der Waals surface area contributed by atoms with Crippen molar-refractivity contribution in [3.05, 3.63) is 91.5 Å². The van der Waals surface area contributed by atoms with Gasteiger partial charge in [0.25, 0.3) is 0 Å². The predicted octanol–water partition coefficient (Wildman–Crippen LogP) is 4.94. The van der Waals surface area contributed by atoms with E-state index in [1.807, 2.05) is 42.5 Å². The quantitative estimate of drug-likeness (QED) is 0.271.